The minimum Gasteiger partial charge on any atom is -0.497 e. The van der Waals surface area contributed by atoms with E-state index in [1.165, 1.54) is 0 Å². The number of nitrogens with zero attached hydrogens (tertiary/aromatic N) is 1. The van der Waals surface area contributed by atoms with Crippen LogP contribution in [0.15, 0.2) is 24.3 Å². The zero-order chi connectivity index (χ0) is 13.1. The van der Waals surface area contributed by atoms with Crippen LogP contribution in [0.5, 0.6) is 5.75 Å². The highest BCUT2D eigenvalue weighted by Crippen LogP contribution is 2.14. The van der Waals surface area contributed by atoms with Crippen molar-refractivity contribution in [2.24, 2.45) is 0 Å². The molecule has 1 N–H and O–H groups in total. The Morgan fingerprint density at radius 3 is 2.61 bits per heavy atom. The van der Waals surface area contributed by atoms with Crippen molar-refractivity contribution in [2.45, 2.75) is 19.5 Å². The molecule has 0 unspecified atom stereocenters. The van der Waals surface area contributed by atoms with Gasteiger partial charge in [0.25, 0.3) is 0 Å². The second-order valence-corrected chi connectivity index (χ2v) is 4.33. The molecular formula is C13H16N2O3. The molecule has 0 spiro atoms. The number of amides is 2. The summed E-state index contributed by atoms with van der Waals surface area (Å²) in [4.78, 5) is 24.8. The van der Waals surface area contributed by atoms with Crippen molar-refractivity contribution in [1.29, 1.82) is 0 Å². The van der Waals surface area contributed by atoms with Crippen LogP contribution in [-0.4, -0.2) is 36.4 Å². The topological polar surface area (TPSA) is 58.6 Å². The minimum absolute atomic E-state index is 0.0505. The summed E-state index contributed by atoms with van der Waals surface area (Å²) in [6.45, 7) is 2.26. The Balaban J connectivity index is 2.07. The van der Waals surface area contributed by atoms with E-state index in [0.717, 1.165) is 11.3 Å². The van der Waals surface area contributed by atoms with E-state index < -0.39 is 6.04 Å². The van der Waals surface area contributed by atoms with Crippen LogP contribution in [0.1, 0.15) is 12.5 Å². The van der Waals surface area contributed by atoms with Gasteiger partial charge in [0.05, 0.1) is 13.7 Å². The highest BCUT2D eigenvalue weighted by Gasteiger charge is 2.29. The van der Waals surface area contributed by atoms with Gasteiger partial charge in [0.15, 0.2) is 0 Å². The Morgan fingerprint density at radius 1 is 1.33 bits per heavy atom. The molecule has 5 nitrogen and oxygen atoms in total. The Bertz CT molecular complexity index is 456. The molecule has 5 heteroatoms. The highest BCUT2D eigenvalue weighted by atomic mass is 16.5. The fourth-order valence-electron chi connectivity index (χ4n) is 1.96. The van der Waals surface area contributed by atoms with Crippen LogP contribution >= 0.6 is 0 Å². The maximum absolute atomic E-state index is 11.9. The molecule has 1 fully saturated rings. The molecule has 1 aromatic carbocycles. The van der Waals surface area contributed by atoms with Crippen molar-refractivity contribution in [3.8, 4) is 5.75 Å². The van der Waals surface area contributed by atoms with Crippen molar-refractivity contribution in [3.05, 3.63) is 29.8 Å². The SMILES string of the molecule is COc1ccc(CN2CC(=O)N[C@H](C)C2=O)cc1. The normalized spacial score (nSPS) is 19.7. The third-order valence-electron chi connectivity index (χ3n) is 2.93. The Kier molecular flexibility index (Phi) is 3.50. The number of carbonyl (C=O) groups is 2. The lowest BCUT2D eigenvalue weighted by molar-refractivity contribution is -0.144. The summed E-state index contributed by atoms with van der Waals surface area (Å²) in [5.41, 5.74) is 0.978. The predicted molar refractivity (Wildman–Crippen MR) is 66.0 cm³/mol. The van der Waals surface area contributed by atoms with Crippen LogP contribution < -0.4 is 10.1 Å². The van der Waals surface area contributed by atoms with Crippen LogP contribution in [0.4, 0.5) is 0 Å². The second kappa shape index (κ2) is 5.08. The summed E-state index contributed by atoms with van der Waals surface area (Å²) >= 11 is 0. The predicted octanol–water partition coefficient (Wildman–Crippen LogP) is 0.542. The van der Waals surface area contributed by atoms with Gasteiger partial charge in [0, 0.05) is 6.54 Å². The van der Waals surface area contributed by atoms with Crippen LogP contribution in [0.3, 0.4) is 0 Å². The van der Waals surface area contributed by atoms with Gasteiger partial charge in [-0.15, -0.1) is 0 Å². The molecule has 1 saturated heterocycles. The van der Waals surface area contributed by atoms with Crippen molar-refractivity contribution in [1.82, 2.24) is 10.2 Å². The number of hydrogen-bond acceptors (Lipinski definition) is 3. The summed E-state index contributed by atoms with van der Waals surface area (Å²) in [7, 11) is 1.61. The van der Waals surface area contributed by atoms with E-state index in [0.29, 0.717) is 6.54 Å². The Morgan fingerprint density at radius 2 is 2.00 bits per heavy atom. The van der Waals surface area contributed by atoms with E-state index in [9.17, 15) is 9.59 Å². The summed E-state index contributed by atoms with van der Waals surface area (Å²) in [6.07, 6.45) is 0. The summed E-state index contributed by atoms with van der Waals surface area (Å²) in [5, 5.41) is 2.61. The quantitative estimate of drug-likeness (QED) is 0.849. The lowest BCUT2D eigenvalue weighted by Gasteiger charge is -2.30. The van der Waals surface area contributed by atoms with Gasteiger partial charge in [-0.05, 0) is 24.6 Å². The van der Waals surface area contributed by atoms with Crippen LogP contribution in [0.2, 0.25) is 0 Å². The first-order valence-electron chi connectivity index (χ1n) is 5.81. The lowest BCUT2D eigenvalue weighted by atomic mass is 10.1. The number of methoxy groups -OCH3 is 1. The van der Waals surface area contributed by atoms with Gasteiger partial charge in [-0.25, -0.2) is 0 Å². The molecule has 1 heterocycles. The molecule has 0 radical (unpaired) electrons. The van der Waals surface area contributed by atoms with Crippen LogP contribution in [-0.2, 0) is 16.1 Å². The number of piperazine rings is 1. The average molecular weight is 248 g/mol. The van der Waals surface area contributed by atoms with Gasteiger partial charge < -0.3 is 15.0 Å². The molecule has 0 aliphatic carbocycles. The smallest absolute Gasteiger partial charge is 0.245 e. The van der Waals surface area contributed by atoms with E-state index in [4.69, 9.17) is 4.74 Å². The van der Waals surface area contributed by atoms with Crippen molar-refractivity contribution in [3.63, 3.8) is 0 Å². The molecule has 0 saturated carbocycles. The van der Waals surface area contributed by atoms with Crippen LogP contribution in [0, 0.1) is 0 Å². The Hall–Kier alpha value is -2.04. The fraction of sp³-hybridized carbons (Fsp3) is 0.385. The zero-order valence-electron chi connectivity index (χ0n) is 10.5. The molecule has 1 atom stereocenters. The van der Waals surface area contributed by atoms with Gasteiger partial charge >= 0.3 is 0 Å². The molecule has 96 valence electrons. The first kappa shape index (κ1) is 12.4. The highest BCUT2D eigenvalue weighted by molar-refractivity contribution is 5.94. The Labute approximate surface area is 106 Å². The number of rotatable bonds is 3. The number of benzene rings is 1. The molecule has 18 heavy (non-hydrogen) atoms. The summed E-state index contributed by atoms with van der Waals surface area (Å²) in [5.74, 6) is 0.607. The van der Waals surface area contributed by atoms with Gasteiger partial charge in [-0.1, -0.05) is 12.1 Å². The summed E-state index contributed by atoms with van der Waals surface area (Å²) in [6, 6.07) is 7.03. The van der Waals surface area contributed by atoms with E-state index in [1.54, 1.807) is 18.9 Å². The van der Waals surface area contributed by atoms with E-state index in [2.05, 4.69) is 5.32 Å². The standard InChI is InChI=1S/C13H16N2O3/c1-9-13(17)15(8-12(16)14-9)7-10-3-5-11(18-2)6-4-10/h3-6,9H,7-8H2,1-2H3,(H,14,16)/t9-/m1/s1. The lowest BCUT2D eigenvalue weighted by Crippen LogP contribution is -2.56. The molecule has 1 aromatic rings. The molecule has 0 bridgehead atoms. The number of carbonyl (C=O) groups excluding carboxylic acids is 2. The van der Waals surface area contributed by atoms with Crippen LogP contribution in [0.25, 0.3) is 0 Å². The number of nitrogens with one attached hydrogen (secondary N) is 1. The van der Waals surface area contributed by atoms with Crippen molar-refractivity contribution in [2.75, 3.05) is 13.7 Å². The second-order valence-electron chi connectivity index (χ2n) is 4.33. The summed E-state index contributed by atoms with van der Waals surface area (Å²) < 4.78 is 5.07. The third kappa shape index (κ3) is 2.61. The molecular weight excluding hydrogens is 232 g/mol. The average Bonchev–Trinajstić information content (AvgIpc) is 2.36. The molecule has 2 rings (SSSR count). The number of hydrogen-bond donors (Lipinski definition) is 1. The maximum atomic E-state index is 11.9. The number of ether oxygens (including phenoxy) is 1. The monoisotopic (exact) mass is 248 g/mol. The van der Waals surface area contributed by atoms with E-state index in [-0.39, 0.29) is 18.4 Å². The van der Waals surface area contributed by atoms with E-state index >= 15 is 0 Å². The van der Waals surface area contributed by atoms with Crippen molar-refractivity contribution < 1.29 is 14.3 Å². The van der Waals surface area contributed by atoms with Gasteiger partial charge in [0.1, 0.15) is 11.8 Å². The molecule has 1 aliphatic rings. The first-order chi connectivity index (χ1) is 8.60. The van der Waals surface area contributed by atoms with Gasteiger partial charge in [0.2, 0.25) is 11.8 Å². The largest absolute Gasteiger partial charge is 0.497 e. The molecule has 2 amide bonds. The zero-order valence-corrected chi connectivity index (χ0v) is 10.5. The van der Waals surface area contributed by atoms with Crippen molar-refractivity contribution >= 4 is 11.8 Å². The third-order valence-corrected chi connectivity index (χ3v) is 2.93. The first-order valence-corrected chi connectivity index (χ1v) is 5.81. The fourth-order valence-corrected chi connectivity index (χ4v) is 1.96. The molecule has 1 aliphatic heterocycles. The maximum Gasteiger partial charge on any atom is 0.245 e. The van der Waals surface area contributed by atoms with Gasteiger partial charge in [-0.3, -0.25) is 9.59 Å². The van der Waals surface area contributed by atoms with E-state index in [1.807, 2.05) is 24.3 Å². The van der Waals surface area contributed by atoms with Gasteiger partial charge in [-0.2, -0.15) is 0 Å². The minimum atomic E-state index is -0.440. The molecule has 0 aromatic heterocycles.